The van der Waals surface area contributed by atoms with Gasteiger partial charge in [-0.05, 0) is 36.8 Å². The lowest BCUT2D eigenvalue weighted by Gasteiger charge is -2.05. The maximum atomic E-state index is 5.90. The fourth-order valence-electron chi connectivity index (χ4n) is 2.29. The normalized spacial score (nSPS) is 11.3. The molecular weight excluding hydrogens is 280 g/mol. The first-order valence-electron chi connectivity index (χ1n) is 5.93. The highest BCUT2D eigenvalue weighted by Crippen LogP contribution is 2.19. The molecule has 0 fully saturated rings. The summed E-state index contributed by atoms with van der Waals surface area (Å²) in [7, 11) is 1.93. The van der Waals surface area contributed by atoms with Crippen molar-refractivity contribution < 1.29 is 0 Å². The molecule has 2 heterocycles. The van der Waals surface area contributed by atoms with Crippen molar-refractivity contribution in [1.82, 2.24) is 19.3 Å². The van der Waals surface area contributed by atoms with Gasteiger partial charge in [-0.25, -0.2) is 0 Å². The van der Waals surface area contributed by atoms with Crippen LogP contribution in [-0.4, -0.2) is 19.3 Å². The van der Waals surface area contributed by atoms with Crippen LogP contribution in [0.3, 0.4) is 0 Å². The second-order valence-electron chi connectivity index (χ2n) is 4.55. The summed E-state index contributed by atoms with van der Waals surface area (Å²) in [5.74, 6) is 0. The Labute approximate surface area is 120 Å². The first kappa shape index (κ1) is 12.4. The first-order valence-corrected chi connectivity index (χ1v) is 6.71. The van der Waals surface area contributed by atoms with Crippen LogP contribution in [-0.2, 0) is 13.6 Å². The molecular formula is C13H13ClN4S. The minimum absolute atomic E-state index is 0.703. The molecule has 3 rings (SSSR count). The van der Waals surface area contributed by atoms with E-state index in [0.717, 1.165) is 27.4 Å². The van der Waals surface area contributed by atoms with E-state index in [-0.39, 0.29) is 0 Å². The van der Waals surface area contributed by atoms with Crippen LogP contribution in [0.25, 0.3) is 11.2 Å². The number of H-pyrrole nitrogens is 1. The third kappa shape index (κ3) is 2.09. The van der Waals surface area contributed by atoms with Gasteiger partial charge in [0.25, 0.3) is 0 Å². The van der Waals surface area contributed by atoms with E-state index in [0.29, 0.717) is 11.3 Å². The van der Waals surface area contributed by atoms with Crippen molar-refractivity contribution in [2.75, 3.05) is 0 Å². The number of rotatable bonds is 2. The zero-order valence-corrected chi connectivity index (χ0v) is 12.2. The van der Waals surface area contributed by atoms with Crippen molar-refractivity contribution in [3.05, 3.63) is 45.3 Å². The summed E-state index contributed by atoms with van der Waals surface area (Å²) in [6, 6.07) is 7.79. The summed E-state index contributed by atoms with van der Waals surface area (Å²) in [6.45, 7) is 2.68. The highest BCUT2D eigenvalue weighted by molar-refractivity contribution is 7.71. The minimum Gasteiger partial charge on any atom is -0.328 e. The fraction of sp³-hybridized carbons (Fsp3) is 0.231. The quantitative estimate of drug-likeness (QED) is 0.735. The smallest absolute Gasteiger partial charge is 0.179 e. The Morgan fingerprint density at radius 2 is 2.00 bits per heavy atom. The molecule has 0 saturated carbocycles. The summed E-state index contributed by atoms with van der Waals surface area (Å²) in [6.07, 6.45) is 0. The highest BCUT2D eigenvalue weighted by Gasteiger charge is 2.12. The fourth-order valence-corrected chi connectivity index (χ4v) is 2.67. The number of fused-ring (bicyclic) bond motifs is 1. The van der Waals surface area contributed by atoms with E-state index in [4.69, 9.17) is 23.8 Å². The molecule has 0 radical (unpaired) electrons. The Balaban J connectivity index is 2.12. The monoisotopic (exact) mass is 292 g/mol. The van der Waals surface area contributed by atoms with Crippen LogP contribution in [0, 0.1) is 11.7 Å². The summed E-state index contributed by atoms with van der Waals surface area (Å²) in [4.78, 5) is 3.22. The second-order valence-corrected chi connectivity index (χ2v) is 5.37. The lowest BCUT2D eigenvalue weighted by atomic mass is 10.2. The van der Waals surface area contributed by atoms with Crippen molar-refractivity contribution in [3.63, 3.8) is 0 Å². The van der Waals surface area contributed by atoms with Crippen LogP contribution >= 0.6 is 23.8 Å². The second kappa shape index (κ2) is 4.51. The largest absolute Gasteiger partial charge is 0.328 e. The number of hydrogen-bond donors (Lipinski definition) is 1. The SMILES string of the molecule is Cc1nn(C)c2c1[nH]c(=S)n2Cc1ccc(Cl)cc1. The third-order valence-corrected chi connectivity index (χ3v) is 3.75. The van der Waals surface area contributed by atoms with E-state index in [1.807, 2.05) is 47.5 Å². The number of nitrogens with one attached hydrogen (secondary N) is 1. The van der Waals surface area contributed by atoms with Gasteiger partial charge in [-0.1, -0.05) is 23.7 Å². The molecule has 0 atom stereocenters. The Morgan fingerprint density at radius 3 is 2.68 bits per heavy atom. The topological polar surface area (TPSA) is 38.5 Å². The predicted molar refractivity (Wildman–Crippen MR) is 79.2 cm³/mol. The zero-order chi connectivity index (χ0) is 13.6. The minimum atomic E-state index is 0.703. The Kier molecular flexibility index (Phi) is 2.95. The first-order chi connectivity index (χ1) is 9.06. The number of aryl methyl sites for hydroxylation is 2. The van der Waals surface area contributed by atoms with Crippen LogP contribution in [0.15, 0.2) is 24.3 Å². The van der Waals surface area contributed by atoms with Gasteiger partial charge in [0.1, 0.15) is 5.52 Å². The molecule has 0 aliphatic rings. The van der Waals surface area contributed by atoms with E-state index in [2.05, 4.69) is 10.1 Å². The molecule has 4 nitrogen and oxygen atoms in total. The molecule has 0 aliphatic heterocycles. The number of halogens is 1. The molecule has 0 spiro atoms. The molecule has 1 aromatic carbocycles. The average Bonchev–Trinajstić information content (AvgIpc) is 2.82. The molecule has 0 unspecified atom stereocenters. The van der Waals surface area contributed by atoms with Crippen LogP contribution in [0.4, 0.5) is 0 Å². The van der Waals surface area contributed by atoms with E-state index < -0.39 is 0 Å². The summed E-state index contributed by atoms with van der Waals surface area (Å²) in [5.41, 5.74) is 4.12. The van der Waals surface area contributed by atoms with Gasteiger partial charge in [-0.15, -0.1) is 0 Å². The highest BCUT2D eigenvalue weighted by atomic mass is 35.5. The molecule has 1 N–H and O–H groups in total. The van der Waals surface area contributed by atoms with Crippen molar-refractivity contribution in [3.8, 4) is 0 Å². The Bertz CT molecular complexity index is 795. The van der Waals surface area contributed by atoms with Crippen molar-refractivity contribution in [2.45, 2.75) is 13.5 Å². The van der Waals surface area contributed by atoms with E-state index in [1.165, 1.54) is 0 Å². The molecule has 6 heteroatoms. The number of imidazole rings is 1. The maximum Gasteiger partial charge on any atom is 0.179 e. The molecule has 3 aromatic rings. The average molecular weight is 293 g/mol. The molecule has 98 valence electrons. The van der Waals surface area contributed by atoms with Gasteiger partial charge in [0, 0.05) is 12.1 Å². The van der Waals surface area contributed by atoms with Gasteiger partial charge in [0.2, 0.25) is 0 Å². The molecule has 0 aliphatic carbocycles. The number of aromatic nitrogens is 4. The van der Waals surface area contributed by atoms with Gasteiger partial charge < -0.3 is 4.98 Å². The number of nitrogens with zero attached hydrogens (tertiary/aromatic N) is 3. The van der Waals surface area contributed by atoms with Gasteiger partial charge in [-0.2, -0.15) is 5.10 Å². The lowest BCUT2D eigenvalue weighted by Crippen LogP contribution is -2.04. The van der Waals surface area contributed by atoms with Gasteiger partial charge >= 0.3 is 0 Å². The summed E-state index contributed by atoms with van der Waals surface area (Å²) < 4.78 is 4.61. The lowest BCUT2D eigenvalue weighted by molar-refractivity contribution is 0.715. The summed E-state index contributed by atoms with van der Waals surface area (Å²) >= 11 is 11.3. The molecule has 19 heavy (non-hydrogen) atoms. The number of benzene rings is 1. The third-order valence-electron chi connectivity index (χ3n) is 3.18. The summed E-state index contributed by atoms with van der Waals surface area (Å²) in [5, 5.41) is 5.14. The van der Waals surface area contributed by atoms with Crippen molar-refractivity contribution in [1.29, 1.82) is 0 Å². The van der Waals surface area contributed by atoms with E-state index in [1.54, 1.807) is 0 Å². The van der Waals surface area contributed by atoms with Gasteiger partial charge in [0.15, 0.2) is 10.4 Å². The number of aromatic amines is 1. The van der Waals surface area contributed by atoms with Crippen LogP contribution in [0.2, 0.25) is 5.02 Å². The molecule has 0 saturated heterocycles. The molecule has 0 amide bonds. The maximum absolute atomic E-state index is 5.90. The van der Waals surface area contributed by atoms with E-state index >= 15 is 0 Å². The predicted octanol–water partition coefficient (Wildman–Crippen LogP) is 3.44. The van der Waals surface area contributed by atoms with Crippen LogP contribution in [0.5, 0.6) is 0 Å². The van der Waals surface area contributed by atoms with Crippen molar-refractivity contribution >= 4 is 35.0 Å². The van der Waals surface area contributed by atoms with Gasteiger partial charge in [0.05, 0.1) is 12.2 Å². The van der Waals surface area contributed by atoms with Gasteiger partial charge in [-0.3, -0.25) is 9.25 Å². The molecule has 0 bridgehead atoms. The zero-order valence-electron chi connectivity index (χ0n) is 10.6. The Hall–Kier alpha value is -1.59. The Morgan fingerprint density at radius 1 is 1.32 bits per heavy atom. The van der Waals surface area contributed by atoms with E-state index in [9.17, 15) is 0 Å². The number of hydrogen-bond acceptors (Lipinski definition) is 2. The standard InChI is InChI=1S/C13H13ClN4S/c1-8-11-12(17(2)16-8)18(13(19)15-11)7-9-3-5-10(14)6-4-9/h3-6H,7H2,1-2H3,(H,15,19). The van der Waals surface area contributed by atoms with Crippen LogP contribution < -0.4 is 0 Å². The van der Waals surface area contributed by atoms with Crippen LogP contribution in [0.1, 0.15) is 11.3 Å². The molecule has 2 aromatic heterocycles. The van der Waals surface area contributed by atoms with Crippen molar-refractivity contribution in [2.24, 2.45) is 7.05 Å².